The monoisotopic (exact) mass is 754 g/mol. The summed E-state index contributed by atoms with van der Waals surface area (Å²) in [7, 11) is 0. The molecular formula is C37H50N6O11. The zero-order valence-electron chi connectivity index (χ0n) is 31.0. The molecule has 0 aromatic heterocycles. The minimum Gasteiger partial charge on any atom is -0.481 e. The van der Waals surface area contributed by atoms with Gasteiger partial charge in [0.25, 0.3) is 0 Å². The van der Waals surface area contributed by atoms with Gasteiger partial charge in [0.2, 0.25) is 23.6 Å². The molecule has 0 aliphatic rings. The number of urea groups is 1. The van der Waals surface area contributed by atoms with Crippen molar-refractivity contribution in [2.24, 2.45) is 5.92 Å². The molecule has 2 rings (SSSR count). The predicted octanol–water partition coefficient (Wildman–Crippen LogP) is 2.78. The number of hydrogen-bond acceptors (Lipinski definition) is 8. The van der Waals surface area contributed by atoms with Crippen molar-refractivity contribution >= 4 is 58.9 Å². The van der Waals surface area contributed by atoms with Crippen LogP contribution in [-0.4, -0.2) is 86.6 Å². The van der Waals surface area contributed by atoms with Crippen LogP contribution in [0.2, 0.25) is 0 Å². The second-order valence-corrected chi connectivity index (χ2v) is 13.5. The van der Waals surface area contributed by atoms with Gasteiger partial charge in [-0.15, -0.1) is 0 Å². The SMILES string of the molecule is CCC(C)[C@H](NC(=O)Cc1ccc(NC(=O)Nc2ccccc2C)cc1)C(=O)N[C@@H](CCC(=O)O)C(=O)N[C@@H](CCCC(=O)O)C(=O)NC(C)(C)C(=O)O. The molecule has 2 aromatic rings. The lowest BCUT2D eigenvalue weighted by atomic mass is 9.97. The van der Waals surface area contributed by atoms with E-state index >= 15 is 0 Å². The number of carbonyl (C=O) groups excluding carboxylic acids is 5. The van der Waals surface area contributed by atoms with Crippen LogP contribution in [0.4, 0.5) is 16.2 Å². The van der Waals surface area contributed by atoms with Gasteiger partial charge in [0.1, 0.15) is 23.7 Å². The number of rotatable bonds is 21. The number of nitrogens with one attached hydrogen (secondary N) is 6. The Bertz CT molecular complexity index is 1680. The first-order chi connectivity index (χ1) is 25.3. The molecule has 4 atom stereocenters. The third kappa shape index (κ3) is 14.9. The van der Waals surface area contributed by atoms with E-state index in [9.17, 15) is 48.6 Å². The van der Waals surface area contributed by atoms with Crippen LogP contribution in [0.25, 0.3) is 0 Å². The van der Waals surface area contributed by atoms with Gasteiger partial charge in [-0.2, -0.15) is 0 Å². The van der Waals surface area contributed by atoms with Crippen LogP contribution in [0.3, 0.4) is 0 Å². The van der Waals surface area contributed by atoms with Gasteiger partial charge < -0.3 is 47.2 Å². The van der Waals surface area contributed by atoms with E-state index < -0.39 is 90.0 Å². The fraction of sp³-hybridized carbons (Fsp3) is 0.459. The first-order valence-corrected chi connectivity index (χ1v) is 17.4. The summed E-state index contributed by atoms with van der Waals surface area (Å²) in [5, 5.41) is 43.1. The van der Waals surface area contributed by atoms with E-state index in [4.69, 9.17) is 5.11 Å². The van der Waals surface area contributed by atoms with E-state index in [1.54, 1.807) is 50.2 Å². The number of carboxylic acids is 3. The summed E-state index contributed by atoms with van der Waals surface area (Å²) in [6.45, 7) is 7.77. The number of anilines is 2. The predicted molar refractivity (Wildman–Crippen MR) is 197 cm³/mol. The largest absolute Gasteiger partial charge is 0.481 e. The molecule has 0 spiro atoms. The normalized spacial score (nSPS) is 13.2. The van der Waals surface area contributed by atoms with Crippen LogP contribution >= 0.6 is 0 Å². The molecule has 0 heterocycles. The molecule has 0 aliphatic heterocycles. The number of amides is 6. The van der Waals surface area contributed by atoms with Gasteiger partial charge in [-0.1, -0.05) is 50.6 Å². The number of hydrogen-bond donors (Lipinski definition) is 9. The Hall–Kier alpha value is -6.00. The first-order valence-electron chi connectivity index (χ1n) is 17.4. The van der Waals surface area contributed by atoms with Crippen molar-refractivity contribution in [1.29, 1.82) is 0 Å². The Kier molecular flexibility index (Phi) is 17.1. The summed E-state index contributed by atoms with van der Waals surface area (Å²) in [4.78, 5) is 99.9. The number of carboxylic acid groups (broad SMARTS) is 3. The van der Waals surface area contributed by atoms with Crippen molar-refractivity contribution in [3.63, 3.8) is 0 Å². The molecule has 17 heteroatoms. The van der Waals surface area contributed by atoms with Crippen LogP contribution in [0.15, 0.2) is 48.5 Å². The molecule has 9 N–H and O–H groups in total. The molecule has 17 nitrogen and oxygen atoms in total. The summed E-state index contributed by atoms with van der Waals surface area (Å²) in [5.41, 5.74) is 0.832. The van der Waals surface area contributed by atoms with Crippen LogP contribution in [0.5, 0.6) is 0 Å². The molecule has 0 bridgehead atoms. The van der Waals surface area contributed by atoms with E-state index in [-0.39, 0.29) is 25.7 Å². The standard InChI is InChI=1S/C37H50N6O11/c1-6-21(2)31(42-28(44)20-23-14-16-24(17-15-23)38-36(54)41-25-11-8-7-10-22(25)3)34(51)40-27(18-19-30(47)48)32(49)39-26(12-9-13-29(45)46)33(50)43-37(4,5)35(52)53/h7-8,10-11,14-17,21,26-27,31H,6,9,12-13,18-20H2,1-5H3,(H,39,49)(H,40,51)(H,42,44)(H,43,50)(H,45,46)(H,47,48)(H,52,53)(H2,38,41,54)/t21?,26-,27-,31-/m0/s1. The van der Waals surface area contributed by atoms with E-state index in [2.05, 4.69) is 31.9 Å². The van der Waals surface area contributed by atoms with E-state index in [0.717, 1.165) is 5.56 Å². The molecule has 0 saturated heterocycles. The third-order valence-electron chi connectivity index (χ3n) is 8.55. The first kappa shape index (κ1) is 44.2. The Morgan fingerprint density at radius 1 is 0.722 bits per heavy atom. The lowest BCUT2D eigenvalue weighted by molar-refractivity contribution is -0.146. The smallest absolute Gasteiger partial charge is 0.328 e. The molecule has 0 aliphatic carbocycles. The van der Waals surface area contributed by atoms with Gasteiger partial charge >= 0.3 is 23.9 Å². The van der Waals surface area contributed by atoms with Gasteiger partial charge in [-0.3, -0.25) is 28.8 Å². The highest BCUT2D eigenvalue weighted by atomic mass is 16.4. The van der Waals surface area contributed by atoms with Crippen LogP contribution < -0.4 is 31.9 Å². The summed E-state index contributed by atoms with van der Waals surface area (Å²) in [6, 6.07) is 9.25. The van der Waals surface area contributed by atoms with Gasteiger partial charge in [0, 0.05) is 24.2 Å². The van der Waals surface area contributed by atoms with Crippen molar-refractivity contribution in [1.82, 2.24) is 21.3 Å². The molecule has 1 unspecified atom stereocenters. The van der Waals surface area contributed by atoms with Crippen molar-refractivity contribution in [2.75, 3.05) is 10.6 Å². The summed E-state index contributed by atoms with van der Waals surface area (Å²) < 4.78 is 0. The summed E-state index contributed by atoms with van der Waals surface area (Å²) in [5.74, 6) is -7.47. The van der Waals surface area contributed by atoms with Crippen molar-refractivity contribution in [3.8, 4) is 0 Å². The third-order valence-corrected chi connectivity index (χ3v) is 8.55. The quantitative estimate of drug-likeness (QED) is 0.0894. The maximum absolute atomic E-state index is 13.6. The van der Waals surface area contributed by atoms with Crippen molar-refractivity contribution in [3.05, 3.63) is 59.7 Å². The maximum Gasteiger partial charge on any atom is 0.328 e. The Morgan fingerprint density at radius 2 is 1.31 bits per heavy atom. The molecule has 54 heavy (non-hydrogen) atoms. The van der Waals surface area contributed by atoms with E-state index in [0.29, 0.717) is 23.4 Å². The van der Waals surface area contributed by atoms with Gasteiger partial charge in [-0.25, -0.2) is 9.59 Å². The molecule has 2 aromatic carbocycles. The van der Waals surface area contributed by atoms with Gasteiger partial charge in [0.15, 0.2) is 0 Å². The fourth-order valence-corrected chi connectivity index (χ4v) is 5.06. The van der Waals surface area contributed by atoms with Crippen LogP contribution in [-0.2, 0) is 40.0 Å². The molecule has 0 saturated carbocycles. The highest BCUT2D eigenvalue weighted by molar-refractivity contribution is 6.00. The van der Waals surface area contributed by atoms with E-state index in [1.807, 2.05) is 19.1 Å². The number of para-hydroxylation sites is 1. The molecule has 6 amide bonds. The van der Waals surface area contributed by atoms with Crippen molar-refractivity contribution in [2.45, 2.75) is 103 Å². The fourth-order valence-electron chi connectivity index (χ4n) is 5.06. The van der Waals surface area contributed by atoms with Crippen LogP contribution in [0, 0.1) is 12.8 Å². The molecular weight excluding hydrogens is 704 g/mol. The highest BCUT2D eigenvalue weighted by Crippen LogP contribution is 2.16. The van der Waals surface area contributed by atoms with Gasteiger partial charge in [0.05, 0.1) is 6.42 Å². The Balaban J connectivity index is 2.16. The second kappa shape index (κ2) is 20.9. The summed E-state index contributed by atoms with van der Waals surface area (Å²) in [6.07, 6.45) is -1.30. The maximum atomic E-state index is 13.6. The zero-order chi connectivity index (χ0) is 40.6. The Labute approximate surface area is 313 Å². The number of aliphatic carboxylic acids is 3. The Morgan fingerprint density at radius 3 is 1.89 bits per heavy atom. The lowest BCUT2D eigenvalue weighted by Crippen LogP contribution is -2.60. The molecule has 0 fully saturated rings. The average molecular weight is 755 g/mol. The average Bonchev–Trinajstić information content (AvgIpc) is 3.09. The topological polar surface area (TPSA) is 269 Å². The van der Waals surface area contributed by atoms with Crippen LogP contribution in [0.1, 0.15) is 77.3 Å². The second-order valence-electron chi connectivity index (χ2n) is 13.5. The van der Waals surface area contributed by atoms with Crippen molar-refractivity contribution < 1.29 is 53.7 Å². The van der Waals surface area contributed by atoms with Gasteiger partial charge in [-0.05, 0) is 75.3 Å². The number of benzene rings is 2. The highest BCUT2D eigenvalue weighted by Gasteiger charge is 2.35. The minimum atomic E-state index is -1.75. The molecule has 294 valence electrons. The number of aryl methyl sites for hydroxylation is 1. The molecule has 0 radical (unpaired) electrons. The zero-order valence-corrected chi connectivity index (χ0v) is 31.0. The number of carbonyl (C=O) groups is 8. The minimum absolute atomic E-state index is 0.0714. The lowest BCUT2D eigenvalue weighted by Gasteiger charge is -2.28. The van der Waals surface area contributed by atoms with E-state index in [1.165, 1.54) is 13.8 Å². The summed E-state index contributed by atoms with van der Waals surface area (Å²) >= 11 is 0.